The van der Waals surface area contributed by atoms with Crippen molar-refractivity contribution in [1.29, 1.82) is 0 Å². The summed E-state index contributed by atoms with van der Waals surface area (Å²) in [4.78, 5) is 14.9. The summed E-state index contributed by atoms with van der Waals surface area (Å²) in [5.74, 6) is 0. The summed E-state index contributed by atoms with van der Waals surface area (Å²) in [6, 6.07) is -4.99. The molecule has 0 heterocycles. The summed E-state index contributed by atoms with van der Waals surface area (Å²) < 4.78 is 0. The normalized spacial score (nSPS) is 13.4. The fourth-order valence-electron chi connectivity index (χ4n) is 0.218. The molecule has 0 atom stereocenters. The van der Waals surface area contributed by atoms with Gasteiger partial charge < -0.3 is 0 Å². The molecule has 0 rings (SSSR count). The smallest absolute Gasteiger partial charge is 0.262 e. The van der Waals surface area contributed by atoms with Crippen molar-refractivity contribution >= 4 is 0 Å². The van der Waals surface area contributed by atoms with Crippen LogP contribution in [0.1, 0.15) is 0 Å². The molecule has 0 saturated heterocycles. The van der Waals surface area contributed by atoms with Crippen LogP contribution in [0.15, 0.2) is 0 Å². The first-order valence-corrected chi connectivity index (χ1v) is 2.67. The second-order valence-corrected chi connectivity index (χ2v) is 1.86. The molecule has 0 aliphatic rings. The second kappa shape index (κ2) is 4.70. The predicted octanol–water partition coefficient (Wildman–Crippen LogP) is -3.10. The van der Waals surface area contributed by atoms with Crippen molar-refractivity contribution in [2.45, 2.75) is 12.1 Å². The molecule has 0 aromatic heterocycles. The van der Waals surface area contributed by atoms with Gasteiger partial charge in [0.2, 0.25) is 0 Å². The van der Waals surface area contributed by atoms with Gasteiger partial charge >= 0.3 is 12.1 Å². The van der Waals surface area contributed by atoms with Crippen LogP contribution in [-0.4, -0.2) is 22.6 Å². The van der Waals surface area contributed by atoms with Crippen LogP contribution in [0, 0.1) is 0 Å². The molecule has 11 nitrogen and oxygen atoms in total. The lowest BCUT2D eigenvalue weighted by Crippen LogP contribution is -2.60. The molecule has 0 aromatic rings. The number of rotatable bonds is 6. The zero-order valence-corrected chi connectivity index (χ0v) is 6.25. The lowest BCUT2D eigenvalue weighted by molar-refractivity contribution is -0.618. The molecular formula is C2H10N4O7. The molecule has 0 amide bonds. The topological polar surface area (TPSA) is 191 Å². The van der Waals surface area contributed by atoms with E-state index in [2.05, 4.69) is 24.6 Å². The van der Waals surface area contributed by atoms with E-state index in [1.807, 2.05) is 0 Å². The average molecular weight is 202 g/mol. The first-order valence-electron chi connectivity index (χ1n) is 2.67. The maximum absolute atomic E-state index is 7.96. The van der Waals surface area contributed by atoms with Gasteiger partial charge in [-0.1, -0.05) is 5.04 Å². The number of nitrogens with two attached hydrogens (primary N) is 4. The summed E-state index contributed by atoms with van der Waals surface area (Å²) in [7, 11) is 0. The Morgan fingerprint density at radius 1 is 0.769 bits per heavy atom. The van der Waals surface area contributed by atoms with E-state index in [4.69, 9.17) is 33.4 Å². The maximum atomic E-state index is 7.96. The lowest BCUT2D eigenvalue weighted by Gasteiger charge is -2.24. The fourth-order valence-corrected chi connectivity index (χ4v) is 0.218. The predicted molar refractivity (Wildman–Crippen MR) is 32.9 cm³/mol. The van der Waals surface area contributed by atoms with Crippen LogP contribution in [-0.2, 0) is 24.6 Å². The van der Waals surface area contributed by atoms with E-state index in [1.165, 1.54) is 0 Å². The lowest BCUT2D eigenvalue weighted by atomic mass is 10.9. The summed E-state index contributed by atoms with van der Waals surface area (Å²) in [5.41, 5.74) is 19.3. The maximum Gasteiger partial charge on any atom is 0.346 e. The second-order valence-electron chi connectivity index (χ2n) is 1.86. The molecule has 0 spiro atoms. The van der Waals surface area contributed by atoms with E-state index in [1.54, 1.807) is 0 Å². The Kier molecular flexibility index (Phi) is 4.54. The Bertz CT molecular complexity index is 149. The molecule has 0 unspecified atom stereocenters. The van der Waals surface area contributed by atoms with Crippen molar-refractivity contribution < 1.29 is 35.1 Å². The van der Waals surface area contributed by atoms with Crippen LogP contribution >= 0.6 is 0 Å². The molecule has 80 valence electrons. The van der Waals surface area contributed by atoms with E-state index in [-0.39, 0.29) is 0 Å². The average Bonchev–Trinajstić information content (AvgIpc) is 2.02. The fraction of sp³-hybridized carbons (Fsp3) is 1.00. The van der Waals surface area contributed by atoms with Crippen LogP contribution in [0.5, 0.6) is 0 Å². The van der Waals surface area contributed by atoms with Gasteiger partial charge in [-0.2, -0.15) is 14.7 Å². The van der Waals surface area contributed by atoms with E-state index in [0.29, 0.717) is 0 Å². The van der Waals surface area contributed by atoms with Gasteiger partial charge in [0.1, 0.15) is 0 Å². The van der Waals surface area contributed by atoms with Crippen LogP contribution in [0.25, 0.3) is 0 Å². The number of hydrogen-bond donors (Lipinski definition) is 6. The third kappa shape index (κ3) is 5.75. The van der Waals surface area contributed by atoms with E-state index >= 15 is 0 Å². The Labute approximate surface area is 71.3 Å². The first kappa shape index (κ1) is 12.6. The molecule has 0 radical (unpaired) electrons. The third-order valence-corrected chi connectivity index (χ3v) is 0.612. The van der Waals surface area contributed by atoms with Crippen molar-refractivity contribution in [1.82, 2.24) is 0 Å². The zero-order valence-electron chi connectivity index (χ0n) is 6.25. The van der Waals surface area contributed by atoms with E-state index < -0.39 is 12.1 Å². The molecule has 0 aliphatic carbocycles. The number of hydrogen-bond acceptors (Lipinski definition) is 11. The highest BCUT2D eigenvalue weighted by atomic mass is 17.5. The molecule has 13 heavy (non-hydrogen) atoms. The molecule has 0 aliphatic heterocycles. The van der Waals surface area contributed by atoms with Gasteiger partial charge in [-0.25, -0.2) is 10.5 Å². The highest BCUT2D eigenvalue weighted by Crippen LogP contribution is 2.02. The molecule has 0 saturated carbocycles. The largest absolute Gasteiger partial charge is 0.346 e. The summed E-state index contributed by atoms with van der Waals surface area (Å²) in [5, 5.41) is 18.8. The Balaban J connectivity index is 3.86. The Morgan fingerprint density at radius 3 is 1.62 bits per heavy atom. The van der Waals surface area contributed by atoms with Crippen molar-refractivity contribution in [2.24, 2.45) is 22.9 Å². The Hall–Kier alpha value is -0.440. The molecule has 11 heteroatoms. The standard InChI is InChI=1S/C2H10N4O7/c3-1(4,9-7)10-11-2(5,6)12-13-8/h7-8H,3-6H2. The Morgan fingerprint density at radius 2 is 1.23 bits per heavy atom. The van der Waals surface area contributed by atoms with Gasteiger partial charge in [0.05, 0.1) is 0 Å². The van der Waals surface area contributed by atoms with Crippen molar-refractivity contribution in [3.05, 3.63) is 0 Å². The highest BCUT2D eigenvalue weighted by molar-refractivity contribution is 4.42. The quantitative estimate of drug-likeness (QED) is 0.145. The molecule has 0 aromatic carbocycles. The summed E-state index contributed by atoms with van der Waals surface area (Å²) in [6.45, 7) is 0. The van der Waals surface area contributed by atoms with Crippen molar-refractivity contribution in [2.75, 3.05) is 0 Å². The highest BCUT2D eigenvalue weighted by Gasteiger charge is 2.31. The molecule has 0 fully saturated rings. The van der Waals surface area contributed by atoms with Crippen LogP contribution in [0.2, 0.25) is 0 Å². The minimum absolute atomic E-state index is 2.49. The summed E-state index contributed by atoms with van der Waals surface area (Å²) in [6.07, 6.45) is 0. The van der Waals surface area contributed by atoms with Gasteiger partial charge in [0, 0.05) is 0 Å². The first-order chi connectivity index (χ1) is 5.83. The SMILES string of the molecule is NC(N)(OO)OOC(N)(N)OOO. The molecular weight excluding hydrogens is 192 g/mol. The van der Waals surface area contributed by atoms with Crippen LogP contribution in [0.3, 0.4) is 0 Å². The van der Waals surface area contributed by atoms with E-state index in [0.717, 1.165) is 0 Å². The van der Waals surface area contributed by atoms with Crippen LogP contribution < -0.4 is 22.9 Å². The van der Waals surface area contributed by atoms with Crippen molar-refractivity contribution in [3.8, 4) is 0 Å². The van der Waals surface area contributed by atoms with Crippen molar-refractivity contribution in [3.63, 3.8) is 0 Å². The van der Waals surface area contributed by atoms with Gasteiger partial charge in [-0.3, -0.25) is 22.9 Å². The minimum Gasteiger partial charge on any atom is -0.262 e. The van der Waals surface area contributed by atoms with Crippen LogP contribution in [0.4, 0.5) is 0 Å². The van der Waals surface area contributed by atoms with Gasteiger partial charge in [0.25, 0.3) is 0 Å². The molecule has 10 N–H and O–H groups in total. The molecule has 0 bridgehead atoms. The van der Waals surface area contributed by atoms with E-state index in [9.17, 15) is 0 Å². The minimum atomic E-state index is -2.50. The summed E-state index contributed by atoms with van der Waals surface area (Å²) >= 11 is 0. The van der Waals surface area contributed by atoms with Gasteiger partial charge in [-0.15, -0.1) is 4.89 Å². The third-order valence-electron chi connectivity index (χ3n) is 0.612. The zero-order chi connectivity index (χ0) is 10.5. The van der Waals surface area contributed by atoms with Gasteiger partial charge in [-0.05, 0) is 0 Å². The van der Waals surface area contributed by atoms with Gasteiger partial charge in [0.15, 0.2) is 0 Å². The monoisotopic (exact) mass is 202 g/mol.